The van der Waals surface area contributed by atoms with Gasteiger partial charge >= 0.3 is 21.6 Å². The van der Waals surface area contributed by atoms with E-state index in [1.165, 1.54) is 5.57 Å². The van der Waals surface area contributed by atoms with E-state index < -0.39 is 27.9 Å². The van der Waals surface area contributed by atoms with Crippen molar-refractivity contribution in [2.75, 3.05) is 6.61 Å². The van der Waals surface area contributed by atoms with Crippen LogP contribution < -0.4 is 0 Å². The third-order valence-electron chi connectivity index (χ3n) is 4.38. The van der Waals surface area contributed by atoms with Gasteiger partial charge in [-0.2, -0.15) is 4.31 Å². The predicted octanol–water partition coefficient (Wildman–Crippen LogP) is 4.31. The number of carboxylic acids is 1. The first-order valence-electron chi connectivity index (χ1n) is 10.8. The summed E-state index contributed by atoms with van der Waals surface area (Å²) in [5, 5.41) is 26.2. The number of unbranched alkanes of at least 4 members (excludes halogenated alkanes) is 1. The summed E-state index contributed by atoms with van der Waals surface area (Å²) in [6, 6.07) is 6.88. The van der Waals surface area contributed by atoms with Gasteiger partial charge in [0.15, 0.2) is 6.29 Å². The summed E-state index contributed by atoms with van der Waals surface area (Å²) >= 11 is 0. The number of aliphatic hydroxyl groups excluding tert-OH is 1. The van der Waals surface area contributed by atoms with Crippen molar-refractivity contribution in [3.63, 3.8) is 0 Å². The van der Waals surface area contributed by atoms with Gasteiger partial charge in [-0.1, -0.05) is 41.5 Å². The van der Waals surface area contributed by atoms with Crippen LogP contribution in [0.4, 0.5) is 0 Å². The average molecular weight is 538 g/mol. The highest BCUT2D eigenvalue weighted by Crippen LogP contribution is 2.57. The maximum atomic E-state index is 11.1. The first-order chi connectivity index (χ1) is 16.1. The summed E-state index contributed by atoms with van der Waals surface area (Å²) < 4.78 is 29.5. The van der Waals surface area contributed by atoms with E-state index in [9.17, 15) is 13.9 Å². The zero-order valence-electron chi connectivity index (χ0n) is 20.1. The number of phosphoric ester groups is 1. The first-order valence-corrected chi connectivity index (χ1v) is 13.9. The molecule has 35 heavy (non-hydrogen) atoms. The summed E-state index contributed by atoms with van der Waals surface area (Å²) in [5.74, 6) is -0.919. The molecule has 13 heteroatoms. The van der Waals surface area contributed by atoms with Crippen molar-refractivity contribution in [2.45, 2.75) is 65.6 Å². The number of phosphoric acid groups is 2. The Balaban J connectivity index is 0.000000669. The highest BCUT2D eigenvalue weighted by atomic mass is 31.3. The molecule has 200 valence electrons. The van der Waals surface area contributed by atoms with E-state index >= 15 is 0 Å². The van der Waals surface area contributed by atoms with Crippen LogP contribution >= 0.6 is 15.6 Å². The van der Waals surface area contributed by atoms with E-state index in [1.807, 2.05) is 26.8 Å². The highest BCUT2D eigenvalue weighted by molar-refractivity contribution is 7.60. The number of hydrogen-bond donors (Lipinski definition) is 6. The van der Waals surface area contributed by atoms with Gasteiger partial charge in [-0.15, -0.1) is 0 Å². The topological polar surface area (TPSA) is 191 Å². The third-order valence-corrected chi connectivity index (χ3v) is 6.53. The van der Waals surface area contributed by atoms with Crippen LogP contribution in [-0.4, -0.2) is 48.9 Å². The predicted molar refractivity (Wildman–Crippen MR) is 131 cm³/mol. The maximum Gasteiger partial charge on any atom is 0.481 e. The maximum absolute atomic E-state index is 11.1. The molecule has 0 amide bonds. The number of carbonyl (C=O) groups is 1. The third kappa shape index (κ3) is 19.2. The number of aromatic carboxylic acids is 1. The monoisotopic (exact) mass is 538 g/mol. The Morgan fingerprint density at radius 3 is 2.20 bits per heavy atom. The van der Waals surface area contributed by atoms with Crippen molar-refractivity contribution in [2.24, 2.45) is 0 Å². The molecule has 0 saturated carbocycles. The molecule has 1 atom stereocenters. The zero-order chi connectivity index (χ0) is 27.1. The lowest BCUT2D eigenvalue weighted by atomic mass is 10.0. The van der Waals surface area contributed by atoms with Gasteiger partial charge in [0.2, 0.25) is 0 Å². The minimum atomic E-state index is -5.05. The van der Waals surface area contributed by atoms with Crippen LogP contribution in [0.5, 0.6) is 0 Å². The zero-order valence-corrected chi connectivity index (χ0v) is 21.9. The van der Waals surface area contributed by atoms with E-state index in [4.69, 9.17) is 30.0 Å². The number of aliphatic hydroxyl groups is 2. The quantitative estimate of drug-likeness (QED) is 0.0856. The molecule has 1 aromatic rings. The SMILES string of the molecule is CC(C)=CCC/C(C)=C/COP(=O)(O)OP(=O)(O)O.O=C(O)c1ccccc1CCCCC(O)O. The molecule has 0 bridgehead atoms. The molecule has 0 fully saturated rings. The largest absolute Gasteiger partial charge is 0.481 e. The molecule has 0 saturated heterocycles. The molecule has 0 spiro atoms. The lowest BCUT2D eigenvalue weighted by Crippen LogP contribution is -2.05. The Labute approximate surface area is 205 Å². The van der Waals surface area contributed by atoms with Crippen LogP contribution in [0.25, 0.3) is 0 Å². The van der Waals surface area contributed by atoms with Gasteiger partial charge in [0, 0.05) is 0 Å². The smallest absolute Gasteiger partial charge is 0.478 e. The van der Waals surface area contributed by atoms with E-state index in [0.29, 0.717) is 24.8 Å². The minimum Gasteiger partial charge on any atom is -0.478 e. The Kier molecular flexibility index (Phi) is 16.1. The fraction of sp³-hybridized carbons (Fsp3) is 0.500. The Bertz CT molecular complexity index is 931. The summed E-state index contributed by atoms with van der Waals surface area (Å²) in [7, 11) is -9.78. The van der Waals surface area contributed by atoms with E-state index in [0.717, 1.165) is 30.4 Å². The van der Waals surface area contributed by atoms with Crippen LogP contribution in [0.15, 0.2) is 47.6 Å². The summed E-state index contributed by atoms with van der Waals surface area (Å²) in [6.07, 6.45) is 6.37. The molecule has 0 aromatic heterocycles. The number of hydrogen-bond acceptors (Lipinski definition) is 7. The second-order valence-electron chi connectivity index (χ2n) is 7.90. The lowest BCUT2D eigenvalue weighted by Gasteiger charge is -2.11. The van der Waals surface area contributed by atoms with E-state index in [2.05, 4.69) is 14.9 Å². The van der Waals surface area contributed by atoms with Gasteiger partial charge in [0.05, 0.1) is 12.2 Å². The van der Waals surface area contributed by atoms with Crippen molar-refractivity contribution >= 4 is 21.6 Å². The molecule has 0 radical (unpaired) electrons. The minimum absolute atomic E-state index is 0.256. The Hall–Kier alpha value is -1.65. The Morgan fingerprint density at radius 1 is 1.03 bits per heavy atom. The van der Waals surface area contributed by atoms with E-state index in [1.54, 1.807) is 24.3 Å². The standard InChI is InChI=1S/C12H16O4.C10H20O7P2/c13-11(14)8-4-2-6-9-5-1-3-7-10(9)12(15)16;1-9(2)5-4-6-10(3)7-8-16-19(14,15)17-18(11,12)13/h1,3,5,7,11,13-14H,2,4,6,8H2,(H,15,16);5,7H,4,6,8H2,1-3H3,(H,14,15)(H2,11,12,13)/b;10-7+. The number of aryl methyl sites for hydroxylation is 1. The highest BCUT2D eigenvalue weighted by Gasteiger charge is 2.31. The van der Waals surface area contributed by atoms with Crippen molar-refractivity contribution in [3.05, 3.63) is 58.7 Å². The fourth-order valence-electron chi connectivity index (χ4n) is 2.71. The normalized spacial score (nSPS) is 13.6. The number of rotatable bonds is 14. The molecule has 0 aliphatic heterocycles. The van der Waals surface area contributed by atoms with Crippen molar-refractivity contribution in [1.82, 2.24) is 0 Å². The molecular formula is C22H36O11P2. The Morgan fingerprint density at radius 2 is 1.66 bits per heavy atom. The van der Waals surface area contributed by atoms with Gasteiger partial charge in [0.25, 0.3) is 0 Å². The average Bonchev–Trinajstić information content (AvgIpc) is 2.69. The summed E-state index contributed by atoms with van der Waals surface area (Å²) in [5.41, 5.74) is 3.27. The number of carboxylic acid groups (broad SMARTS) is 1. The van der Waals surface area contributed by atoms with Gasteiger partial charge in [0.1, 0.15) is 0 Å². The van der Waals surface area contributed by atoms with Crippen LogP contribution in [-0.2, 0) is 24.4 Å². The molecule has 1 unspecified atom stereocenters. The molecular weight excluding hydrogens is 502 g/mol. The van der Waals surface area contributed by atoms with Crippen LogP contribution in [0.3, 0.4) is 0 Å². The molecule has 11 nitrogen and oxygen atoms in total. The van der Waals surface area contributed by atoms with Gasteiger partial charge in [-0.3, -0.25) is 4.52 Å². The summed E-state index contributed by atoms with van der Waals surface area (Å²) in [4.78, 5) is 36.6. The molecule has 1 rings (SSSR count). The molecule has 1 aromatic carbocycles. The lowest BCUT2D eigenvalue weighted by molar-refractivity contribution is -0.0465. The number of benzene rings is 1. The van der Waals surface area contributed by atoms with Gasteiger partial charge in [-0.05, 0) is 70.9 Å². The van der Waals surface area contributed by atoms with Crippen LogP contribution in [0, 0.1) is 0 Å². The van der Waals surface area contributed by atoms with Crippen LogP contribution in [0.2, 0.25) is 0 Å². The van der Waals surface area contributed by atoms with Gasteiger partial charge < -0.3 is 30.0 Å². The molecule has 6 N–H and O–H groups in total. The first kappa shape index (κ1) is 33.4. The molecule has 0 aliphatic rings. The van der Waals surface area contributed by atoms with E-state index in [-0.39, 0.29) is 6.61 Å². The van der Waals surface area contributed by atoms with Crippen molar-refractivity contribution in [3.8, 4) is 0 Å². The van der Waals surface area contributed by atoms with Crippen molar-refractivity contribution < 1.29 is 52.8 Å². The second-order valence-corrected chi connectivity index (χ2v) is 10.7. The van der Waals surface area contributed by atoms with Crippen molar-refractivity contribution in [1.29, 1.82) is 0 Å². The number of allylic oxidation sites excluding steroid dienone is 3. The second kappa shape index (κ2) is 16.9. The summed E-state index contributed by atoms with van der Waals surface area (Å²) in [6.45, 7) is 5.55. The molecule has 0 heterocycles. The van der Waals surface area contributed by atoms with Crippen LogP contribution in [0.1, 0.15) is 68.8 Å². The van der Waals surface area contributed by atoms with Gasteiger partial charge in [-0.25, -0.2) is 13.9 Å². The molecule has 0 aliphatic carbocycles. The fourth-order valence-corrected chi connectivity index (χ4v) is 4.24.